The molecule has 0 saturated carbocycles. The normalized spacial score (nSPS) is 12.7. The Hall–Kier alpha value is 0.0569. The summed E-state index contributed by atoms with van der Waals surface area (Å²) >= 11 is 0. The molecule has 0 aliphatic rings. The number of unbranched alkanes of at least 4 members (excludes halogenated alkanes) is 3. The first-order valence-corrected chi connectivity index (χ1v) is 13.3. The molecule has 0 rings (SSSR count). The highest BCUT2D eigenvalue weighted by Crippen LogP contribution is 2.22. The van der Waals surface area contributed by atoms with Crippen molar-refractivity contribution < 1.29 is 17.8 Å². The minimum atomic E-state index is -2.50. The third-order valence-corrected chi connectivity index (χ3v) is 8.32. The molecule has 0 unspecified atom stereocenters. The van der Waals surface area contributed by atoms with Crippen molar-refractivity contribution in [2.24, 2.45) is 0 Å². The molecule has 26 heavy (non-hydrogen) atoms. The van der Waals surface area contributed by atoms with E-state index in [2.05, 4.69) is 20.8 Å². The van der Waals surface area contributed by atoms with Gasteiger partial charge in [-0.1, -0.05) is 40.0 Å². The molecule has 0 aromatic carbocycles. The first-order valence-electron chi connectivity index (χ1n) is 11.3. The number of hydrogen-bond donors (Lipinski definition) is 0. The van der Waals surface area contributed by atoms with Crippen LogP contribution < -0.4 is 0 Å². The summed E-state index contributed by atoms with van der Waals surface area (Å²) in [5.41, 5.74) is 0. The van der Waals surface area contributed by atoms with E-state index in [4.69, 9.17) is 13.3 Å². The number of quaternary nitrogens is 1. The minimum absolute atomic E-state index is 0.674. The summed E-state index contributed by atoms with van der Waals surface area (Å²) in [6.07, 6.45) is 8.99. The van der Waals surface area contributed by atoms with E-state index in [0.29, 0.717) is 19.8 Å². The van der Waals surface area contributed by atoms with Crippen molar-refractivity contribution in [1.82, 2.24) is 0 Å². The molecule has 0 aromatic heterocycles. The van der Waals surface area contributed by atoms with Crippen LogP contribution in [0.2, 0.25) is 6.04 Å². The second-order valence-electron chi connectivity index (χ2n) is 7.38. The fourth-order valence-electron chi connectivity index (χ4n) is 3.78. The molecular formula is C21H48NO3Si+. The molecule has 0 atom stereocenters. The Labute approximate surface area is 165 Å². The summed E-state index contributed by atoms with van der Waals surface area (Å²) in [5.74, 6) is 0. The first-order chi connectivity index (χ1) is 12.6. The van der Waals surface area contributed by atoms with Crippen molar-refractivity contribution in [3.8, 4) is 0 Å². The van der Waals surface area contributed by atoms with Gasteiger partial charge in [0.05, 0.1) is 26.2 Å². The molecule has 0 fully saturated rings. The Morgan fingerprint density at radius 1 is 0.538 bits per heavy atom. The van der Waals surface area contributed by atoms with E-state index in [1.54, 1.807) is 0 Å². The van der Waals surface area contributed by atoms with Gasteiger partial charge in [0.15, 0.2) is 0 Å². The van der Waals surface area contributed by atoms with Gasteiger partial charge in [-0.2, -0.15) is 0 Å². The average Bonchev–Trinajstić information content (AvgIpc) is 2.63. The molecule has 0 bridgehead atoms. The van der Waals surface area contributed by atoms with Crippen LogP contribution in [0.25, 0.3) is 0 Å². The van der Waals surface area contributed by atoms with Crippen LogP contribution in [0.15, 0.2) is 0 Å². The standard InChI is InChI=1S/C21H48NO3Si/c1-7-13-17-22(18-14-8-2,19-15-9-3)20-16-21-26(23-10-4,24-11-5)25-12-6/h7-21H2,1-6H3/q+1. The summed E-state index contributed by atoms with van der Waals surface area (Å²) in [4.78, 5) is 0. The molecule has 0 aliphatic heterocycles. The van der Waals surface area contributed by atoms with Crippen LogP contribution in [-0.2, 0) is 13.3 Å². The lowest BCUT2D eigenvalue weighted by Crippen LogP contribution is -2.52. The van der Waals surface area contributed by atoms with Gasteiger partial charge in [-0.15, -0.1) is 0 Å². The van der Waals surface area contributed by atoms with Gasteiger partial charge in [0, 0.05) is 32.3 Å². The van der Waals surface area contributed by atoms with E-state index in [1.807, 2.05) is 20.8 Å². The Morgan fingerprint density at radius 2 is 0.885 bits per heavy atom. The lowest BCUT2D eigenvalue weighted by atomic mass is 10.1. The Balaban J connectivity index is 5.02. The van der Waals surface area contributed by atoms with Crippen LogP contribution in [0, 0.1) is 0 Å². The highest BCUT2D eigenvalue weighted by atomic mass is 28.4. The van der Waals surface area contributed by atoms with Gasteiger partial charge in [0.25, 0.3) is 0 Å². The van der Waals surface area contributed by atoms with Crippen LogP contribution in [0.1, 0.15) is 86.5 Å². The van der Waals surface area contributed by atoms with Crippen molar-refractivity contribution in [1.29, 1.82) is 0 Å². The zero-order chi connectivity index (χ0) is 19.7. The van der Waals surface area contributed by atoms with Gasteiger partial charge in [-0.05, 0) is 40.0 Å². The molecule has 0 heterocycles. The fraction of sp³-hybridized carbons (Fsp3) is 1.00. The van der Waals surface area contributed by atoms with Crippen LogP contribution in [-0.4, -0.2) is 59.3 Å². The van der Waals surface area contributed by atoms with E-state index >= 15 is 0 Å². The summed E-state index contributed by atoms with van der Waals surface area (Å²) in [7, 11) is -2.50. The van der Waals surface area contributed by atoms with Crippen LogP contribution in [0.3, 0.4) is 0 Å². The lowest BCUT2D eigenvalue weighted by Gasteiger charge is -2.40. The predicted molar refractivity (Wildman–Crippen MR) is 115 cm³/mol. The van der Waals surface area contributed by atoms with Gasteiger partial charge in [0.1, 0.15) is 0 Å². The van der Waals surface area contributed by atoms with Gasteiger partial charge < -0.3 is 17.8 Å². The van der Waals surface area contributed by atoms with E-state index in [9.17, 15) is 0 Å². The summed E-state index contributed by atoms with van der Waals surface area (Å²) < 4.78 is 19.5. The monoisotopic (exact) mass is 390 g/mol. The highest BCUT2D eigenvalue weighted by Gasteiger charge is 2.40. The molecule has 158 valence electrons. The van der Waals surface area contributed by atoms with Crippen molar-refractivity contribution in [2.75, 3.05) is 46.0 Å². The maximum atomic E-state index is 6.06. The second-order valence-corrected chi connectivity index (χ2v) is 10.1. The number of hydrogen-bond acceptors (Lipinski definition) is 3. The third-order valence-electron chi connectivity index (χ3n) is 5.17. The topological polar surface area (TPSA) is 27.7 Å². The second kappa shape index (κ2) is 16.1. The quantitative estimate of drug-likeness (QED) is 0.211. The highest BCUT2D eigenvalue weighted by molar-refractivity contribution is 6.60. The van der Waals surface area contributed by atoms with Crippen LogP contribution in [0.5, 0.6) is 0 Å². The Bertz CT molecular complexity index is 277. The predicted octanol–water partition coefficient (Wildman–Crippen LogP) is 5.64. The van der Waals surface area contributed by atoms with Gasteiger partial charge >= 0.3 is 8.80 Å². The maximum absolute atomic E-state index is 6.06. The Kier molecular flexibility index (Phi) is 16.1. The number of nitrogens with zero attached hydrogens (tertiary/aromatic N) is 1. The van der Waals surface area contributed by atoms with Crippen molar-refractivity contribution in [3.05, 3.63) is 0 Å². The summed E-state index contributed by atoms with van der Waals surface area (Å²) in [6, 6.07) is 0.951. The SMILES string of the molecule is CCCC[N+](CCCC)(CCCC)CCC[Si](OCC)(OCC)OCC. The molecule has 0 aliphatic carbocycles. The zero-order valence-corrected chi connectivity index (χ0v) is 19.8. The van der Waals surface area contributed by atoms with Gasteiger partial charge in [-0.25, -0.2) is 0 Å². The van der Waals surface area contributed by atoms with Gasteiger partial charge in [0.2, 0.25) is 0 Å². The van der Waals surface area contributed by atoms with Gasteiger partial charge in [-0.3, -0.25) is 0 Å². The van der Waals surface area contributed by atoms with Crippen molar-refractivity contribution in [2.45, 2.75) is 92.5 Å². The average molecular weight is 391 g/mol. The van der Waals surface area contributed by atoms with Crippen molar-refractivity contribution in [3.63, 3.8) is 0 Å². The third kappa shape index (κ3) is 10.4. The maximum Gasteiger partial charge on any atom is 0.501 e. The van der Waals surface area contributed by atoms with Crippen LogP contribution >= 0.6 is 0 Å². The fourth-order valence-corrected chi connectivity index (χ4v) is 6.38. The molecule has 0 amide bonds. The van der Waals surface area contributed by atoms with E-state index in [1.165, 1.54) is 69.2 Å². The molecule has 5 heteroatoms. The minimum Gasteiger partial charge on any atom is -0.374 e. The summed E-state index contributed by atoms with van der Waals surface area (Å²) in [5, 5.41) is 0. The first kappa shape index (κ1) is 26.1. The van der Waals surface area contributed by atoms with Crippen LogP contribution in [0.4, 0.5) is 0 Å². The molecular weight excluding hydrogens is 342 g/mol. The Morgan fingerprint density at radius 3 is 1.19 bits per heavy atom. The molecule has 0 spiro atoms. The molecule has 0 N–H and O–H groups in total. The van der Waals surface area contributed by atoms with E-state index < -0.39 is 8.80 Å². The number of rotatable bonds is 19. The molecule has 0 radical (unpaired) electrons. The lowest BCUT2D eigenvalue weighted by molar-refractivity contribution is -0.928. The molecule has 0 saturated heterocycles. The van der Waals surface area contributed by atoms with Crippen molar-refractivity contribution >= 4 is 8.80 Å². The molecule has 0 aromatic rings. The van der Waals surface area contributed by atoms with E-state index in [0.717, 1.165) is 12.5 Å². The molecule has 4 nitrogen and oxygen atoms in total. The van der Waals surface area contributed by atoms with E-state index in [-0.39, 0.29) is 0 Å². The summed E-state index contributed by atoms with van der Waals surface area (Å²) in [6.45, 7) is 20.3. The zero-order valence-electron chi connectivity index (χ0n) is 18.8. The smallest absolute Gasteiger partial charge is 0.374 e. The largest absolute Gasteiger partial charge is 0.501 e.